The number of hydrogen-bond acceptors (Lipinski definition) is 3. The number of nitrogens with zero attached hydrogens (tertiary/aromatic N) is 1. The van der Waals surface area contributed by atoms with Gasteiger partial charge in [-0.1, -0.05) is 133 Å². The molecule has 1 nitrogen and oxygen atoms in total. The number of hydrogen-bond donors (Lipinski definition) is 0. The van der Waals surface area contributed by atoms with Gasteiger partial charge in [-0.25, -0.2) is 0 Å². The highest BCUT2D eigenvalue weighted by atomic mass is 32.1. The standard InChI is InChI=1S/C58H37NS2/c1-2-10-38(11-3-1)40-18-25-48(26-19-40)59(50-29-22-39-12-4-5-13-42(39)35-50)49-27-20-41(21-28-49)45-32-46(43-23-30-57-53(36-43)51-14-6-8-16-55(51)60-57)34-47(33-45)44-24-31-58-54(37-44)52-15-7-9-17-56(52)61-58/h1-37H. The van der Waals surface area contributed by atoms with Crippen LogP contribution in [0.15, 0.2) is 224 Å². The zero-order valence-electron chi connectivity index (χ0n) is 33.1. The maximum absolute atomic E-state index is 2.39. The van der Waals surface area contributed by atoms with E-state index in [1.165, 1.54) is 95.6 Å². The van der Waals surface area contributed by atoms with Crippen LogP contribution in [0.2, 0.25) is 0 Å². The fourth-order valence-electron chi connectivity index (χ4n) is 8.94. The highest BCUT2D eigenvalue weighted by Crippen LogP contribution is 2.42. The van der Waals surface area contributed by atoms with Gasteiger partial charge in [0.2, 0.25) is 0 Å². The molecule has 0 aliphatic carbocycles. The van der Waals surface area contributed by atoms with Crippen molar-refractivity contribution >= 4 is 90.9 Å². The topological polar surface area (TPSA) is 3.24 Å². The van der Waals surface area contributed by atoms with Crippen molar-refractivity contribution in [3.8, 4) is 44.5 Å². The summed E-state index contributed by atoms with van der Waals surface area (Å²) in [4.78, 5) is 2.37. The molecule has 3 heteroatoms. The van der Waals surface area contributed by atoms with Gasteiger partial charge >= 0.3 is 0 Å². The van der Waals surface area contributed by atoms with Gasteiger partial charge in [-0.15, -0.1) is 22.7 Å². The van der Waals surface area contributed by atoms with Gasteiger partial charge in [-0.3, -0.25) is 0 Å². The molecule has 0 spiro atoms. The number of anilines is 3. The summed E-state index contributed by atoms with van der Waals surface area (Å²) in [6.45, 7) is 0. The predicted octanol–water partition coefficient (Wildman–Crippen LogP) is 17.7. The average Bonchev–Trinajstić information content (AvgIpc) is 3.90. The third-order valence-corrected chi connectivity index (χ3v) is 14.3. The molecule has 12 rings (SSSR count). The Morgan fingerprint density at radius 1 is 0.230 bits per heavy atom. The zero-order chi connectivity index (χ0) is 40.3. The smallest absolute Gasteiger partial charge is 0.0468 e. The number of fused-ring (bicyclic) bond motifs is 7. The first-order chi connectivity index (χ1) is 30.2. The molecule has 0 N–H and O–H groups in total. The van der Waals surface area contributed by atoms with Crippen LogP contribution >= 0.6 is 22.7 Å². The van der Waals surface area contributed by atoms with E-state index < -0.39 is 0 Å². The summed E-state index contributed by atoms with van der Waals surface area (Å²) in [6, 6.07) is 82.6. The largest absolute Gasteiger partial charge is 0.310 e. The average molecular weight is 812 g/mol. The second-order valence-electron chi connectivity index (χ2n) is 15.7. The van der Waals surface area contributed by atoms with Crippen LogP contribution in [0.3, 0.4) is 0 Å². The van der Waals surface area contributed by atoms with E-state index in [1.54, 1.807) is 0 Å². The van der Waals surface area contributed by atoms with Gasteiger partial charge in [-0.2, -0.15) is 0 Å². The van der Waals surface area contributed by atoms with Crippen molar-refractivity contribution in [2.24, 2.45) is 0 Å². The Morgan fingerprint density at radius 2 is 0.639 bits per heavy atom. The summed E-state index contributed by atoms with van der Waals surface area (Å²) >= 11 is 3.73. The van der Waals surface area contributed by atoms with Crippen LogP contribution in [0.1, 0.15) is 0 Å². The summed E-state index contributed by atoms with van der Waals surface area (Å²) in [5.74, 6) is 0. The van der Waals surface area contributed by atoms with Crippen molar-refractivity contribution in [2.45, 2.75) is 0 Å². The van der Waals surface area contributed by atoms with Crippen LogP contribution in [0.4, 0.5) is 17.1 Å². The van der Waals surface area contributed by atoms with Crippen LogP contribution in [-0.2, 0) is 0 Å². The SMILES string of the molecule is c1ccc(-c2ccc(N(c3ccc(-c4cc(-c5ccc6sc7ccccc7c6c5)cc(-c5ccc6sc7ccccc7c6c5)c4)cc3)c3ccc4ccccc4c3)cc2)cc1. The predicted molar refractivity (Wildman–Crippen MR) is 266 cm³/mol. The Kier molecular flexibility index (Phi) is 8.62. The zero-order valence-corrected chi connectivity index (χ0v) is 34.8. The van der Waals surface area contributed by atoms with E-state index in [2.05, 4.69) is 229 Å². The van der Waals surface area contributed by atoms with Crippen molar-refractivity contribution in [1.29, 1.82) is 0 Å². The van der Waals surface area contributed by atoms with E-state index in [-0.39, 0.29) is 0 Å². The Bertz CT molecular complexity index is 3450. The van der Waals surface area contributed by atoms with E-state index in [0.717, 1.165) is 17.1 Å². The second-order valence-corrected chi connectivity index (χ2v) is 17.9. The minimum Gasteiger partial charge on any atom is -0.310 e. The minimum absolute atomic E-state index is 1.10. The molecule has 0 saturated heterocycles. The number of benzene rings is 10. The molecule has 286 valence electrons. The molecule has 0 bridgehead atoms. The van der Waals surface area contributed by atoms with E-state index in [0.29, 0.717) is 0 Å². The third kappa shape index (κ3) is 6.47. The van der Waals surface area contributed by atoms with Crippen molar-refractivity contribution < 1.29 is 0 Å². The minimum atomic E-state index is 1.10. The van der Waals surface area contributed by atoms with Crippen LogP contribution < -0.4 is 4.90 Å². The van der Waals surface area contributed by atoms with Crippen molar-refractivity contribution in [2.75, 3.05) is 4.90 Å². The molecular formula is C58H37NS2. The molecule has 0 aliphatic heterocycles. The molecule has 2 aromatic heterocycles. The highest BCUT2D eigenvalue weighted by Gasteiger charge is 2.16. The first-order valence-electron chi connectivity index (χ1n) is 20.7. The quantitative estimate of drug-likeness (QED) is 0.155. The lowest BCUT2D eigenvalue weighted by Crippen LogP contribution is -2.09. The van der Waals surface area contributed by atoms with E-state index in [4.69, 9.17) is 0 Å². The van der Waals surface area contributed by atoms with E-state index in [9.17, 15) is 0 Å². The maximum atomic E-state index is 2.39. The molecule has 12 aromatic rings. The van der Waals surface area contributed by atoms with Gasteiger partial charge in [0.1, 0.15) is 0 Å². The summed E-state index contributed by atoms with van der Waals surface area (Å²) < 4.78 is 5.28. The Labute approximate surface area is 362 Å². The fraction of sp³-hybridized carbons (Fsp3) is 0. The van der Waals surface area contributed by atoms with Crippen molar-refractivity contribution in [3.63, 3.8) is 0 Å². The third-order valence-electron chi connectivity index (χ3n) is 12.0. The van der Waals surface area contributed by atoms with Crippen molar-refractivity contribution in [1.82, 2.24) is 0 Å². The normalized spacial score (nSPS) is 11.6. The molecule has 0 radical (unpaired) electrons. The lowest BCUT2D eigenvalue weighted by atomic mass is 9.92. The highest BCUT2D eigenvalue weighted by molar-refractivity contribution is 7.26. The van der Waals surface area contributed by atoms with Gasteiger partial charge in [0.15, 0.2) is 0 Å². The lowest BCUT2D eigenvalue weighted by molar-refractivity contribution is 1.29. The van der Waals surface area contributed by atoms with Crippen LogP contribution in [-0.4, -0.2) is 0 Å². The second kappa shape index (κ2) is 14.8. The molecule has 0 atom stereocenters. The molecule has 0 fully saturated rings. The van der Waals surface area contributed by atoms with Crippen LogP contribution in [0.5, 0.6) is 0 Å². The molecule has 61 heavy (non-hydrogen) atoms. The fourth-order valence-corrected chi connectivity index (χ4v) is 11.1. The summed E-state index contributed by atoms with van der Waals surface area (Å²) in [5, 5.41) is 7.70. The molecule has 10 aromatic carbocycles. The van der Waals surface area contributed by atoms with Crippen molar-refractivity contribution in [3.05, 3.63) is 224 Å². The summed E-state index contributed by atoms with van der Waals surface area (Å²) in [7, 11) is 0. The first-order valence-corrected chi connectivity index (χ1v) is 22.4. The molecule has 0 amide bonds. The van der Waals surface area contributed by atoms with Gasteiger partial charge in [0, 0.05) is 57.4 Å². The van der Waals surface area contributed by atoms with E-state index in [1.807, 2.05) is 22.7 Å². The lowest BCUT2D eigenvalue weighted by Gasteiger charge is -2.26. The Hall–Kier alpha value is -7.30. The molecule has 2 heterocycles. The summed E-state index contributed by atoms with van der Waals surface area (Å²) in [5.41, 5.74) is 13.0. The molecule has 0 saturated carbocycles. The van der Waals surface area contributed by atoms with Gasteiger partial charge in [0.25, 0.3) is 0 Å². The first kappa shape index (κ1) is 35.6. The summed E-state index contributed by atoms with van der Waals surface area (Å²) in [6.07, 6.45) is 0. The monoisotopic (exact) mass is 811 g/mol. The van der Waals surface area contributed by atoms with E-state index >= 15 is 0 Å². The maximum Gasteiger partial charge on any atom is 0.0468 e. The van der Waals surface area contributed by atoms with Gasteiger partial charge in [0.05, 0.1) is 0 Å². The number of thiophene rings is 2. The number of rotatable bonds is 7. The van der Waals surface area contributed by atoms with Gasteiger partial charge < -0.3 is 4.90 Å². The molecule has 0 unspecified atom stereocenters. The van der Waals surface area contributed by atoms with Gasteiger partial charge in [-0.05, 0) is 146 Å². The van der Waals surface area contributed by atoms with Crippen LogP contribution in [0.25, 0.3) is 95.6 Å². The Morgan fingerprint density at radius 3 is 1.21 bits per heavy atom. The van der Waals surface area contributed by atoms with Crippen LogP contribution in [0, 0.1) is 0 Å². The Balaban J connectivity index is 0.987. The molecular weight excluding hydrogens is 775 g/mol. The molecule has 0 aliphatic rings.